The molecule has 0 radical (unpaired) electrons. The lowest BCUT2D eigenvalue weighted by atomic mass is 9.96. The van der Waals surface area contributed by atoms with E-state index in [1.807, 2.05) is 36.4 Å². The smallest absolute Gasteiger partial charge is 0.212 e. The Kier molecular flexibility index (Phi) is 9.88. The van der Waals surface area contributed by atoms with Gasteiger partial charge in [-0.1, -0.05) is 87.5 Å². The van der Waals surface area contributed by atoms with E-state index in [0.29, 0.717) is 30.6 Å². The van der Waals surface area contributed by atoms with Crippen molar-refractivity contribution in [3.05, 3.63) is 71.3 Å². The first kappa shape index (κ1) is 31.1. The topological polar surface area (TPSA) is 143 Å². The fourth-order valence-corrected chi connectivity index (χ4v) is 10.8. The minimum atomic E-state index is -4.50. The number of nitrogens with zero attached hydrogens (tertiary/aromatic N) is 2. The van der Waals surface area contributed by atoms with Gasteiger partial charge in [-0.15, -0.1) is 0 Å². The van der Waals surface area contributed by atoms with Gasteiger partial charge < -0.3 is 0 Å². The van der Waals surface area contributed by atoms with E-state index < -0.39 is 52.2 Å². The molecule has 0 aliphatic rings. The zero-order valence-corrected chi connectivity index (χ0v) is 24.5. The summed E-state index contributed by atoms with van der Waals surface area (Å²) in [5.41, 5.74) is 1.75. The Morgan fingerprint density at radius 1 is 0.622 bits per heavy atom. The lowest BCUT2D eigenvalue weighted by Crippen LogP contribution is -2.53. The molecule has 0 bridgehead atoms. The van der Waals surface area contributed by atoms with Crippen LogP contribution in [0.4, 0.5) is 0 Å². The highest BCUT2D eigenvalue weighted by Crippen LogP contribution is 2.36. The quantitative estimate of drug-likeness (QED) is 0.342. The van der Waals surface area contributed by atoms with E-state index in [1.54, 1.807) is 25.1 Å². The van der Waals surface area contributed by atoms with E-state index in [1.165, 1.54) is 12.1 Å². The van der Waals surface area contributed by atoms with Gasteiger partial charge >= 0.3 is 0 Å². The molecule has 2 aromatic rings. The third-order valence-corrected chi connectivity index (χ3v) is 12.2. The normalized spacial score (nSPS) is 15.3. The van der Waals surface area contributed by atoms with Crippen molar-refractivity contribution >= 4 is 52.2 Å². The van der Waals surface area contributed by atoms with Crippen molar-refractivity contribution in [2.45, 2.75) is 31.8 Å². The van der Waals surface area contributed by atoms with Gasteiger partial charge in [-0.2, -0.15) is 0 Å². The molecule has 2 atom stereocenters. The van der Waals surface area contributed by atoms with Gasteiger partial charge in [0.15, 0.2) is 0 Å². The van der Waals surface area contributed by atoms with Crippen molar-refractivity contribution in [2.75, 3.05) is 25.0 Å². The standard InChI is InChI=1S/C23H32N2O8S4/c1-6-10-22(24(34(2,26)27)35(3,28)29)23(25(36(4,30)31)37(5,32)33)21-17-15-20(16-18-21)14-13-19-11-8-7-9-12-19/h7-9,11-18,22-23H,6,10H2,1-5H3/b14-13+/t22-,23+/m1/s1. The highest BCUT2D eigenvalue weighted by atomic mass is 32.3. The lowest BCUT2D eigenvalue weighted by molar-refractivity contribution is 0.284. The summed E-state index contributed by atoms with van der Waals surface area (Å²) in [6.07, 6.45) is 6.44. The van der Waals surface area contributed by atoms with Gasteiger partial charge in [-0.25, -0.2) is 33.7 Å². The highest BCUT2D eigenvalue weighted by Gasteiger charge is 2.47. The molecule has 206 valence electrons. The monoisotopic (exact) mass is 592 g/mol. The Bertz CT molecular complexity index is 1470. The van der Waals surface area contributed by atoms with Crippen LogP contribution in [-0.4, -0.2) is 72.2 Å². The predicted octanol–water partition coefficient (Wildman–Crippen LogP) is 2.51. The Labute approximate surface area is 220 Å². The van der Waals surface area contributed by atoms with Crippen LogP contribution in [0.3, 0.4) is 0 Å². The van der Waals surface area contributed by atoms with Gasteiger partial charge in [-0.05, 0) is 23.1 Å². The van der Waals surface area contributed by atoms with Crippen molar-refractivity contribution in [3.8, 4) is 0 Å². The summed E-state index contributed by atoms with van der Waals surface area (Å²) in [6, 6.07) is 12.3. The zero-order chi connectivity index (χ0) is 28.2. The summed E-state index contributed by atoms with van der Waals surface area (Å²) in [5, 5.41) is 0. The molecule has 0 fully saturated rings. The molecule has 0 spiro atoms. The maximum Gasteiger partial charge on any atom is 0.224 e. The second-order valence-corrected chi connectivity index (χ2v) is 16.6. The van der Waals surface area contributed by atoms with Crippen LogP contribution in [0.5, 0.6) is 0 Å². The van der Waals surface area contributed by atoms with E-state index in [9.17, 15) is 33.7 Å². The van der Waals surface area contributed by atoms with Crippen molar-refractivity contribution < 1.29 is 33.7 Å². The molecule has 0 amide bonds. The van der Waals surface area contributed by atoms with E-state index in [0.717, 1.165) is 5.56 Å². The van der Waals surface area contributed by atoms with Gasteiger partial charge in [0, 0.05) is 0 Å². The van der Waals surface area contributed by atoms with Gasteiger partial charge in [0.1, 0.15) is 0 Å². The Morgan fingerprint density at radius 2 is 1.03 bits per heavy atom. The molecule has 0 aliphatic carbocycles. The molecule has 14 heteroatoms. The zero-order valence-electron chi connectivity index (χ0n) is 21.2. The van der Waals surface area contributed by atoms with E-state index in [-0.39, 0.29) is 25.8 Å². The summed E-state index contributed by atoms with van der Waals surface area (Å²) in [6.45, 7) is 1.65. The highest BCUT2D eigenvalue weighted by molar-refractivity contribution is 8.04. The first-order valence-electron chi connectivity index (χ1n) is 11.1. The van der Waals surface area contributed by atoms with Crippen LogP contribution >= 0.6 is 0 Å². The fraction of sp³-hybridized carbons (Fsp3) is 0.391. The SMILES string of the molecule is CCC[C@H]([C@H](c1ccc(/C=C/c2ccccc2)cc1)N(S(C)(=O)=O)S(C)(=O)=O)N(S(C)(=O)=O)S(C)(=O)=O. The summed E-state index contributed by atoms with van der Waals surface area (Å²) < 4.78 is 102. The number of rotatable bonds is 12. The average molecular weight is 593 g/mol. The predicted molar refractivity (Wildman–Crippen MR) is 146 cm³/mol. The summed E-state index contributed by atoms with van der Waals surface area (Å²) in [4.78, 5) is 0. The molecule has 0 unspecified atom stereocenters. The van der Waals surface area contributed by atoms with Gasteiger partial charge in [0.05, 0.1) is 37.1 Å². The van der Waals surface area contributed by atoms with Gasteiger partial charge in [0.25, 0.3) is 0 Å². The molecule has 0 aliphatic heterocycles. The second-order valence-electron chi connectivity index (χ2n) is 8.71. The Balaban J connectivity index is 2.79. The van der Waals surface area contributed by atoms with Gasteiger partial charge in [-0.3, -0.25) is 0 Å². The third-order valence-electron chi connectivity index (χ3n) is 5.30. The second kappa shape index (κ2) is 11.7. The molecule has 0 N–H and O–H groups in total. The van der Waals surface area contributed by atoms with Crippen LogP contribution in [0.25, 0.3) is 12.2 Å². The fourth-order valence-electron chi connectivity index (χ4n) is 4.12. The first-order valence-corrected chi connectivity index (χ1v) is 18.5. The minimum Gasteiger partial charge on any atom is -0.212 e. The maximum atomic E-state index is 12.8. The molecule has 0 saturated carbocycles. The van der Waals surface area contributed by atoms with Crippen LogP contribution in [0, 0.1) is 0 Å². The number of hydrogen-bond donors (Lipinski definition) is 0. The lowest BCUT2D eigenvalue weighted by Gasteiger charge is -2.38. The summed E-state index contributed by atoms with van der Waals surface area (Å²) >= 11 is 0. The van der Waals surface area contributed by atoms with Crippen molar-refractivity contribution in [3.63, 3.8) is 0 Å². The third kappa shape index (κ3) is 8.45. The molecule has 0 saturated heterocycles. The summed E-state index contributed by atoms with van der Waals surface area (Å²) in [5.74, 6) is 0. The Morgan fingerprint density at radius 3 is 1.41 bits per heavy atom. The molecule has 37 heavy (non-hydrogen) atoms. The minimum absolute atomic E-state index is 0.114. The average Bonchev–Trinajstić information content (AvgIpc) is 2.73. The molecule has 0 aromatic heterocycles. The van der Waals surface area contributed by atoms with Crippen LogP contribution in [0.15, 0.2) is 54.6 Å². The maximum absolute atomic E-state index is 12.8. The van der Waals surface area contributed by atoms with Crippen molar-refractivity contribution in [1.82, 2.24) is 7.42 Å². The molecular formula is C23H32N2O8S4. The van der Waals surface area contributed by atoms with Crippen LogP contribution in [0.1, 0.15) is 42.5 Å². The molecule has 2 aromatic carbocycles. The molecule has 2 rings (SSSR count). The summed E-state index contributed by atoms with van der Waals surface area (Å²) in [7, 11) is -17.9. The number of hydrogen-bond acceptors (Lipinski definition) is 8. The van der Waals surface area contributed by atoms with E-state index in [4.69, 9.17) is 0 Å². The largest absolute Gasteiger partial charge is 0.224 e. The van der Waals surface area contributed by atoms with Crippen molar-refractivity contribution in [1.29, 1.82) is 0 Å². The Hall–Kier alpha value is -2.10. The molecule has 10 nitrogen and oxygen atoms in total. The first-order chi connectivity index (χ1) is 16.9. The number of benzene rings is 2. The number of sulfonamides is 4. The molecule has 0 heterocycles. The van der Waals surface area contributed by atoms with E-state index in [2.05, 4.69) is 0 Å². The molecular weight excluding hydrogens is 561 g/mol. The van der Waals surface area contributed by atoms with E-state index >= 15 is 0 Å². The van der Waals surface area contributed by atoms with Crippen LogP contribution in [0.2, 0.25) is 0 Å². The van der Waals surface area contributed by atoms with Crippen LogP contribution < -0.4 is 0 Å². The van der Waals surface area contributed by atoms with Gasteiger partial charge in [0.2, 0.25) is 40.1 Å². The van der Waals surface area contributed by atoms with Crippen LogP contribution in [-0.2, 0) is 40.1 Å². The van der Waals surface area contributed by atoms with Crippen molar-refractivity contribution in [2.24, 2.45) is 0 Å².